The van der Waals surface area contributed by atoms with Crippen LogP contribution in [0.4, 0.5) is 0 Å². The predicted octanol–water partition coefficient (Wildman–Crippen LogP) is 0.0485. The molecule has 2 fully saturated rings. The molecule has 0 aromatic rings. The number of amides is 1. The molecule has 0 radical (unpaired) electrons. The Morgan fingerprint density at radius 1 is 1.44 bits per heavy atom. The van der Waals surface area contributed by atoms with E-state index in [1.807, 2.05) is 0 Å². The van der Waals surface area contributed by atoms with Crippen LogP contribution in [-0.2, 0) is 9.59 Å². The molecule has 0 aromatic heterocycles. The van der Waals surface area contributed by atoms with Gasteiger partial charge in [-0.15, -0.1) is 0 Å². The molecule has 1 aliphatic heterocycles. The number of hydrogen-bond acceptors (Lipinski definition) is 3. The largest absolute Gasteiger partial charge is 0.481 e. The van der Waals surface area contributed by atoms with Crippen molar-refractivity contribution in [3.05, 3.63) is 0 Å². The average Bonchev–Trinajstić information content (AvgIpc) is 2.86. The molecule has 1 spiro atoms. The molecule has 1 saturated carbocycles. The maximum absolute atomic E-state index is 11.5. The first kappa shape index (κ1) is 11.4. The third-order valence-electron chi connectivity index (χ3n) is 4.02. The van der Waals surface area contributed by atoms with Crippen molar-refractivity contribution in [3.63, 3.8) is 0 Å². The van der Waals surface area contributed by atoms with Crippen LogP contribution in [0.2, 0.25) is 0 Å². The molecular weight excluding hydrogens is 208 g/mol. The highest BCUT2D eigenvalue weighted by molar-refractivity contribution is 5.78. The highest BCUT2D eigenvalue weighted by Gasteiger charge is 2.46. The van der Waals surface area contributed by atoms with Gasteiger partial charge in [-0.25, -0.2) is 0 Å². The van der Waals surface area contributed by atoms with E-state index in [9.17, 15) is 9.59 Å². The van der Waals surface area contributed by atoms with Crippen molar-refractivity contribution in [2.75, 3.05) is 19.6 Å². The molecule has 2 aliphatic rings. The fourth-order valence-electron chi connectivity index (χ4n) is 3.07. The zero-order valence-corrected chi connectivity index (χ0v) is 9.32. The van der Waals surface area contributed by atoms with E-state index in [-0.39, 0.29) is 23.8 Å². The topological polar surface area (TPSA) is 83.6 Å². The van der Waals surface area contributed by atoms with E-state index in [4.69, 9.17) is 10.8 Å². The smallest absolute Gasteiger partial charge is 0.306 e. The van der Waals surface area contributed by atoms with Crippen LogP contribution in [0.15, 0.2) is 0 Å². The van der Waals surface area contributed by atoms with Crippen LogP contribution in [0.5, 0.6) is 0 Å². The number of carboxylic acid groups (broad SMARTS) is 1. The number of likely N-dealkylation sites (tertiary alicyclic amines) is 1. The first-order chi connectivity index (χ1) is 7.56. The van der Waals surface area contributed by atoms with Crippen molar-refractivity contribution < 1.29 is 14.7 Å². The first-order valence-electron chi connectivity index (χ1n) is 5.77. The fourth-order valence-corrected chi connectivity index (χ4v) is 3.07. The van der Waals surface area contributed by atoms with Gasteiger partial charge in [0.15, 0.2) is 0 Å². The van der Waals surface area contributed by atoms with E-state index >= 15 is 0 Å². The Kier molecular flexibility index (Phi) is 2.88. The second-order valence-corrected chi connectivity index (χ2v) is 5.05. The molecular formula is C11H18N2O3. The molecule has 5 heteroatoms. The van der Waals surface area contributed by atoms with Gasteiger partial charge in [0.25, 0.3) is 0 Å². The Labute approximate surface area is 94.6 Å². The van der Waals surface area contributed by atoms with Gasteiger partial charge in [0, 0.05) is 13.1 Å². The lowest BCUT2D eigenvalue weighted by atomic mass is 9.84. The maximum Gasteiger partial charge on any atom is 0.306 e. The molecule has 2 atom stereocenters. The Hall–Kier alpha value is -1.10. The SMILES string of the molecule is NCC(=O)N1CC[C@@]2(CC[C@H](C(=O)O)C2)C1. The Bertz CT molecular complexity index is 318. The summed E-state index contributed by atoms with van der Waals surface area (Å²) in [5.41, 5.74) is 5.39. The lowest BCUT2D eigenvalue weighted by Gasteiger charge is -2.23. The normalized spacial score (nSPS) is 33.6. The van der Waals surface area contributed by atoms with Gasteiger partial charge in [0.05, 0.1) is 12.5 Å². The van der Waals surface area contributed by atoms with Crippen LogP contribution in [0.1, 0.15) is 25.7 Å². The highest BCUT2D eigenvalue weighted by Crippen LogP contribution is 2.48. The monoisotopic (exact) mass is 226 g/mol. The number of aliphatic carboxylic acids is 1. The third kappa shape index (κ3) is 1.91. The Morgan fingerprint density at radius 3 is 2.75 bits per heavy atom. The highest BCUT2D eigenvalue weighted by atomic mass is 16.4. The molecule has 5 nitrogen and oxygen atoms in total. The lowest BCUT2D eigenvalue weighted by molar-refractivity contribution is -0.141. The molecule has 1 heterocycles. The molecule has 1 amide bonds. The van der Waals surface area contributed by atoms with Gasteiger partial charge in [-0.1, -0.05) is 0 Å². The zero-order valence-electron chi connectivity index (χ0n) is 9.32. The minimum absolute atomic E-state index is 0.0179. The van der Waals surface area contributed by atoms with E-state index in [2.05, 4.69) is 0 Å². The summed E-state index contributed by atoms with van der Waals surface area (Å²) in [6, 6.07) is 0. The molecule has 0 aromatic carbocycles. The standard InChI is InChI=1S/C11H18N2O3/c12-6-9(14)13-4-3-11(7-13)2-1-8(5-11)10(15)16/h8H,1-7,12H2,(H,15,16)/t8-,11+/m0/s1. The molecule has 16 heavy (non-hydrogen) atoms. The van der Waals surface area contributed by atoms with Crippen LogP contribution < -0.4 is 5.73 Å². The number of carboxylic acids is 1. The van der Waals surface area contributed by atoms with Gasteiger partial charge in [-0.05, 0) is 31.1 Å². The van der Waals surface area contributed by atoms with Crippen molar-refractivity contribution in [2.24, 2.45) is 17.1 Å². The quantitative estimate of drug-likeness (QED) is 0.696. The van der Waals surface area contributed by atoms with E-state index < -0.39 is 5.97 Å². The number of carbonyl (C=O) groups excluding carboxylic acids is 1. The maximum atomic E-state index is 11.5. The van der Waals surface area contributed by atoms with Crippen molar-refractivity contribution >= 4 is 11.9 Å². The second-order valence-electron chi connectivity index (χ2n) is 5.05. The van der Waals surface area contributed by atoms with E-state index in [1.54, 1.807) is 4.90 Å². The van der Waals surface area contributed by atoms with Gasteiger partial charge in [-0.2, -0.15) is 0 Å². The number of nitrogens with zero attached hydrogens (tertiary/aromatic N) is 1. The summed E-state index contributed by atoms with van der Waals surface area (Å²) in [4.78, 5) is 24.1. The summed E-state index contributed by atoms with van der Waals surface area (Å²) in [5.74, 6) is -0.927. The van der Waals surface area contributed by atoms with Crippen molar-refractivity contribution in [2.45, 2.75) is 25.7 Å². The van der Waals surface area contributed by atoms with Gasteiger partial charge < -0.3 is 15.7 Å². The van der Waals surface area contributed by atoms with Crippen molar-refractivity contribution in [1.29, 1.82) is 0 Å². The van der Waals surface area contributed by atoms with Gasteiger partial charge >= 0.3 is 5.97 Å². The molecule has 1 aliphatic carbocycles. The van der Waals surface area contributed by atoms with Crippen molar-refractivity contribution in [3.8, 4) is 0 Å². The molecule has 0 bridgehead atoms. The van der Waals surface area contributed by atoms with E-state index in [0.29, 0.717) is 6.54 Å². The summed E-state index contributed by atoms with van der Waals surface area (Å²) in [6.45, 7) is 1.49. The average molecular weight is 226 g/mol. The van der Waals surface area contributed by atoms with Crippen LogP contribution >= 0.6 is 0 Å². The van der Waals surface area contributed by atoms with E-state index in [0.717, 1.165) is 32.2 Å². The van der Waals surface area contributed by atoms with Gasteiger partial charge in [0.2, 0.25) is 5.91 Å². The number of rotatable bonds is 2. The minimum atomic E-state index is -0.694. The molecule has 2 rings (SSSR count). The van der Waals surface area contributed by atoms with Crippen LogP contribution in [-0.4, -0.2) is 41.5 Å². The minimum Gasteiger partial charge on any atom is -0.481 e. The fraction of sp³-hybridized carbons (Fsp3) is 0.818. The first-order valence-corrected chi connectivity index (χ1v) is 5.77. The third-order valence-corrected chi connectivity index (χ3v) is 4.02. The van der Waals surface area contributed by atoms with Crippen molar-refractivity contribution in [1.82, 2.24) is 4.90 Å². The lowest BCUT2D eigenvalue weighted by Crippen LogP contribution is -2.35. The molecule has 0 unspecified atom stereocenters. The predicted molar refractivity (Wildman–Crippen MR) is 57.7 cm³/mol. The molecule has 1 saturated heterocycles. The number of hydrogen-bond donors (Lipinski definition) is 2. The van der Waals surface area contributed by atoms with E-state index in [1.165, 1.54) is 0 Å². The summed E-state index contributed by atoms with van der Waals surface area (Å²) >= 11 is 0. The molecule has 3 N–H and O–H groups in total. The van der Waals surface area contributed by atoms with Crippen LogP contribution in [0.3, 0.4) is 0 Å². The summed E-state index contributed by atoms with van der Waals surface area (Å²) in [6.07, 6.45) is 3.33. The summed E-state index contributed by atoms with van der Waals surface area (Å²) in [5, 5.41) is 8.98. The number of carbonyl (C=O) groups is 2. The zero-order chi connectivity index (χ0) is 11.8. The Morgan fingerprint density at radius 2 is 2.19 bits per heavy atom. The molecule has 90 valence electrons. The summed E-state index contributed by atoms with van der Waals surface area (Å²) in [7, 11) is 0. The number of nitrogens with two attached hydrogens (primary N) is 1. The second kappa shape index (κ2) is 4.05. The van der Waals surface area contributed by atoms with Gasteiger partial charge in [0.1, 0.15) is 0 Å². The summed E-state index contributed by atoms with van der Waals surface area (Å²) < 4.78 is 0. The van der Waals surface area contributed by atoms with Crippen LogP contribution in [0, 0.1) is 11.3 Å². The van der Waals surface area contributed by atoms with Gasteiger partial charge in [-0.3, -0.25) is 9.59 Å². The van der Waals surface area contributed by atoms with Crippen LogP contribution in [0.25, 0.3) is 0 Å². The Balaban J connectivity index is 1.98.